The molecule has 1 N–H and O–H groups in total. The molecule has 4 heteroatoms. The zero-order valence-corrected chi connectivity index (χ0v) is 14.6. The van der Waals surface area contributed by atoms with Crippen molar-refractivity contribution in [2.75, 3.05) is 32.8 Å². The summed E-state index contributed by atoms with van der Waals surface area (Å²) in [7, 11) is 0. The van der Waals surface area contributed by atoms with Crippen molar-refractivity contribution in [3.8, 4) is 0 Å². The summed E-state index contributed by atoms with van der Waals surface area (Å²) in [5, 5.41) is 3.14. The fourth-order valence-electron chi connectivity index (χ4n) is 3.78. The molecule has 24 heavy (non-hydrogen) atoms. The number of carbonyl (C=O) groups excluding carboxylic acids is 1. The lowest BCUT2D eigenvalue weighted by molar-refractivity contribution is -0.121. The van der Waals surface area contributed by atoms with Gasteiger partial charge in [0, 0.05) is 25.6 Å². The molecular formula is C20H30N2O2. The lowest BCUT2D eigenvalue weighted by Gasteiger charge is -2.35. The number of rotatable bonds is 7. The van der Waals surface area contributed by atoms with Crippen LogP contribution in [0.1, 0.15) is 37.7 Å². The molecule has 1 unspecified atom stereocenters. The maximum Gasteiger partial charge on any atom is 0.220 e. The van der Waals surface area contributed by atoms with E-state index < -0.39 is 0 Å². The maximum atomic E-state index is 12.0. The number of carbonyl (C=O) groups is 1. The summed E-state index contributed by atoms with van der Waals surface area (Å²) in [6, 6.07) is 11.0. The monoisotopic (exact) mass is 330 g/mol. The van der Waals surface area contributed by atoms with Crippen LogP contribution < -0.4 is 5.32 Å². The molecule has 132 valence electrons. The maximum absolute atomic E-state index is 12.0. The first-order valence-electron chi connectivity index (χ1n) is 9.43. The third-order valence-corrected chi connectivity index (χ3v) is 5.37. The van der Waals surface area contributed by atoms with Crippen LogP contribution in [0.4, 0.5) is 0 Å². The fraction of sp³-hybridized carbons (Fsp3) is 0.650. The van der Waals surface area contributed by atoms with Crippen molar-refractivity contribution in [1.29, 1.82) is 0 Å². The molecule has 0 aliphatic carbocycles. The van der Waals surface area contributed by atoms with E-state index in [4.69, 9.17) is 4.74 Å². The van der Waals surface area contributed by atoms with Crippen LogP contribution in [0.15, 0.2) is 30.3 Å². The fourth-order valence-corrected chi connectivity index (χ4v) is 3.78. The number of hydrogen-bond acceptors (Lipinski definition) is 3. The molecule has 0 radical (unpaired) electrons. The summed E-state index contributed by atoms with van der Waals surface area (Å²) in [6.45, 7) is 4.98. The summed E-state index contributed by atoms with van der Waals surface area (Å²) in [6.07, 6.45) is 6.11. The highest BCUT2D eigenvalue weighted by Gasteiger charge is 2.27. The molecule has 1 aromatic carbocycles. The second-order valence-electron chi connectivity index (χ2n) is 7.14. The minimum Gasteiger partial charge on any atom is -0.380 e. The number of benzene rings is 1. The van der Waals surface area contributed by atoms with Gasteiger partial charge in [0.05, 0.1) is 6.61 Å². The summed E-state index contributed by atoms with van der Waals surface area (Å²) in [4.78, 5) is 14.6. The Morgan fingerprint density at radius 1 is 1.17 bits per heavy atom. The highest BCUT2D eigenvalue weighted by Crippen LogP contribution is 2.21. The molecule has 2 aliphatic heterocycles. The average molecular weight is 330 g/mol. The lowest BCUT2D eigenvalue weighted by Crippen LogP contribution is -2.43. The van der Waals surface area contributed by atoms with Crippen LogP contribution in [-0.2, 0) is 16.0 Å². The van der Waals surface area contributed by atoms with Gasteiger partial charge in [-0.2, -0.15) is 0 Å². The summed E-state index contributed by atoms with van der Waals surface area (Å²) >= 11 is 0. The summed E-state index contributed by atoms with van der Waals surface area (Å²) in [5.74, 6) is 0.846. The molecule has 3 rings (SSSR count). The Balaban J connectivity index is 1.27. The molecule has 4 nitrogen and oxygen atoms in total. The first-order chi connectivity index (χ1) is 11.8. The quantitative estimate of drug-likeness (QED) is 0.836. The summed E-state index contributed by atoms with van der Waals surface area (Å²) in [5.41, 5.74) is 1.31. The Hall–Kier alpha value is -1.39. The average Bonchev–Trinajstić information content (AvgIpc) is 3.16. The number of aryl methyl sites for hydroxylation is 1. The molecule has 2 aliphatic rings. The van der Waals surface area contributed by atoms with Crippen LogP contribution in [0, 0.1) is 5.92 Å². The van der Waals surface area contributed by atoms with Gasteiger partial charge in [-0.25, -0.2) is 0 Å². The molecule has 2 heterocycles. The van der Waals surface area contributed by atoms with Crippen molar-refractivity contribution in [2.24, 2.45) is 5.92 Å². The van der Waals surface area contributed by atoms with E-state index in [1.165, 1.54) is 24.8 Å². The zero-order valence-electron chi connectivity index (χ0n) is 14.6. The first kappa shape index (κ1) is 17.4. The van der Waals surface area contributed by atoms with Crippen molar-refractivity contribution >= 4 is 5.91 Å². The van der Waals surface area contributed by atoms with E-state index in [2.05, 4.69) is 34.5 Å². The third kappa shape index (κ3) is 5.32. The van der Waals surface area contributed by atoms with Crippen LogP contribution in [0.2, 0.25) is 0 Å². The van der Waals surface area contributed by atoms with Gasteiger partial charge in [0.25, 0.3) is 0 Å². The number of nitrogens with zero attached hydrogens (tertiary/aromatic N) is 1. The minimum atomic E-state index is 0.206. The molecule has 0 aromatic heterocycles. The van der Waals surface area contributed by atoms with Gasteiger partial charge in [-0.05, 0) is 56.7 Å². The molecule has 2 saturated heterocycles. The number of amides is 1. The number of likely N-dealkylation sites (tertiary alicyclic amines) is 1. The van der Waals surface area contributed by atoms with Crippen molar-refractivity contribution in [1.82, 2.24) is 10.2 Å². The molecule has 0 saturated carbocycles. The third-order valence-electron chi connectivity index (χ3n) is 5.37. The predicted molar refractivity (Wildman–Crippen MR) is 95.9 cm³/mol. The van der Waals surface area contributed by atoms with E-state index in [-0.39, 0.29) is 5.91 Å². The Bertz CT molecular complexity index is 492. The van der Waals surface area contributed by atoms with Crippen molar-refractivity contribution in [2.45, 2.75) is 44.6 Å². The van der Waals surface area contributed by atoms with Gasteiger partial charge < -0.3 is 10.1 Å². The predicted octanol–water partition coefficient (Wildman–Crippen LogP) is 2.63. The second kappa shape index (κ2) is 9.19. The van der Waals surface area contributed by atoms with Gasteiger partial charge in [0.1, 0.15) is 0 Å². The Morgan fingerprint density at radius 3 is 2.67 bits per heavy atom. The van der Waals surface area contributed by atoms with Crippen LogP contribution in [0.5, 0.6) is 0 Å². The van der Waals surface area contributed by atoms with Crippen molar-refractivity contribution in [3.63, 3.8) is 0 Å². The minimum absolute atomic E-state index is 0.206. The number of piperidine rings is 1. The van der Waals surface area contributed by atoms with Crippen LogP contribution >= 0.6 is 0 Å². The second-order valence-corrected chi connectivity index (χ2v) is 7.14. The van der Waals surface area contributed by atoms with Gasteiger partial charge in [0.15, 0.2) is 0 Å². The van der Waals surface area contributed by atoms with Gasteiger partial charge in [-0.1, -0.05) is 30.3 Å². The number of nitrogens with one attached hydrogen (secondary N) is 1. The molecule has 1 aromatic rings. The lowest BCUT2D eigenvalue weighted by atomic mass is 9.95. The van der Waals surface area contributed by atoms with Crippen molar-refractivity contribution in [3.05, 3.63) is 35.9 Å². The van der Waals surface area contributed by atoms with Crippen LogP contribution in [-0.4, -0.2) is 49.7 Å². The molecule has 1 amide bonds. The standard InChI is InChI=1S/C20H30N2O2/c23-20(8-4-7-17-5-2-1-3-6-17)21-15-18-9-12-22(13-10-18)19-11-14-24-16-19/h1-3,5-6,18-19H,4,7-16H2,(H,21,23). The Morgan fingerprint density at radius 2 is 1.96 bits per heavy atom. The Kier molecular flexibility index (Phi) is 6.67. The SMILES string of the molecule is O=C(CCCc1ccccc1)NCC1CCN(C2CCOC2)CC1. The van der Waals surface area contributed by atoms with Crippen molar-refractivity contribution < 1.29 is 9.53 Å². The van der Waals surface area contributed by atoms with Gasteiger partial charge >= 0.3 is 0 Å². The van der Waals surface area contributed by atoms with E-state index in [1.54, 1.807) is 0 Å². The van der Waals surface area contributed by atoms with Gasteiger partial charge in [0.2, 0.25) is 5.91 Å². The molecule has 1 atom stereocenters. The molecule has 2 fully saturated rings. The highest BCUT2D eigenvalue weighted by molar-refractivity contribution is 5.75. The van der Waals surface area contributed by atoms with Crippen LogP contribution in [0.3, 0.4) is 0 Å². The number of ether oxygens (including phenoxy) is 1. The topological polar surface area (TPSA) is 41.6 Å². The smallest absolute Gasteiger partial charge is 0.220 e. The number of hydrogen-bond donors (Lipinski definition) is 1. The Labute approximate surface area is 145 Å². The molecule has 0 spiro atoms. The highest BCUT2D eigenvalue weighted by atomic mass is 16.5. The van der Waals surface area contributed by atoms with E-state index >= 15 is 0 Å². The van der Waals surface area contributed by atoms with E-state index in [0.717, 1.165) is 45.7 Å². The molecule has 0 bridgehead atoms. The first-order valence-corrected chi connectivity index (χ1v) is 9.43. The summed E-state index contributed by atoms with van der Waals surface area (Å²) < 4.78 is 5.49. The largest absolute Gasteiger partial charge is 0.380 e. The zero-order chi connectivity index (χ0) is 16.6. The normalized spacial score (nSPS) is 22.6. The van der Waals surface area contributed by atoms with Gasteiger partial charge in [-0.3, -0.25) is 9.69 Å². The van der Waals surface area contributed by atoms with E-state index in [0.29, 0.717) is 18.4 Å². The van der Waals surface area contributed by atoms with E-state index in [1.807, 2.05) is 6.07 Å². The van der Waals surface area contributed by atoms with Gasteiger partial charge in [-0.15, -0.1) is 0 Å². The van der Waals surface area contributed by atoms with E-state index in [9.17, 15) is 4.79 Å². The van der Waals surface area contributed by atoms with Crippen LogP contribution in [0.25, 0.3) is 0 Å². The molecular weight excluding hydrogens is 300 g/mol.